The minimum absolute atomic E-state index is 0. The van der Waals surface area contributed by atoms with Gasteiger partial charge in [0.05, 0.1) is 0 Å². The largest absolute Gasteiger partial charge is 0.311 e. The predicted octanol–water partition coefficient (Wildman–Crippen LogP) is 4.30. The first-order valence-electron chi connectivity index (χ1n) is 4.74. The molecule has 0 bridgehead atoms. The molecule has 0 aliphatic heterocycles. The van der Waals surface area contributed by atoms with Crippen LogP contribution in [-0.2, 0) is 6.54 Å². The minimum atomic E-state index is 0. The number of hydrogen-bond acceptors (Lipinski definition) is 2. The van der Waals surface area contributed by atoms with Crippen LogP contribution in [0.1, 0.15) is 4.88 Å². The standard InChI is InChI=1S/C11H11Cl2NS.ClH/c12-3-4-14-7-10-6-8-5-9(13)1-2-11(8)15-10;/h1-2,5-6,14H,3-4,7H2;1H. The lowest BCUT2D eigenvalue weighted by molar-refractivity contribution is 0.739. The maximum Gasteiger partial charge on any atom is 0.0412 e. The first-order chi connectivity index (χ1) is 7.29. The zero-order valence-corrected chi connectivity index (χ0v) is 11.6. The van der Waals surface area contributed by atoms with E-state index in [-0.39, 0.29) is 12.4 Å². The smallest absolute Gasteiger partial charge is 0.0412 e. The Bertz CT molecular complexity index is 455. The van der Waals surface area contributed by atoms with Crippen LogP contribution in [0.15, 0.2) is 24.3 Å². The number of thiophene rings is 1. The molecule has 0 unspecified atom stereocenters. The molecule has 0 radical (unpaired) electrons. The number of rotatable bonds is 4. The summed E-state index contributed by atoms with van der Waals surface area (Å²) in [4.78, 5) is 1.32. The third-order valence-electron chi connectivity index (χ3n) is 2.10. The maximum absolute atomic E-state index is 5.93. The van der Waals surface area contributed by atoms with E-state index in [4.69, 9.17) is 23.2 Å². The number of hydrogen-bond donors (Lipinski definition) is 1. The van der Waals surface area contributed by atoms with Crippen molar-refractivity contribution in [2.45, 2.75) is 6.54 Å². The van der Waals surface area contributed by atoms with Gasteiger partial charge in [0, 0.05) is 33.6 Å². The van der Waals surface area contributed by atoms with Crippen LogP contribution in [0.5, 0.6) is 0 Å². The second kappa shape index (κ2) is 6.67. The molecule has 1 aromatic carbocycles. The van der Waals surface area contributed by atoms with E-state index in [1.54, 1.807) is 11.3 Å². The molecule has 88 valence electrons. The van der Waals surface area contributed by atoms with Crippen molar-refractivity contribution >= 4 is 57.0 Å². The van der Waals surface area contributed by atoms with Gasteiger partial charge >= 0.3 is 0 Å². The molecule has 1 aromatic heterocycles. The fourth-order valence-corrected chi connectivity index (χ4v) is 2.76. The van der Waals surface area contributed by atoms with Crippen LogP contribution in [0.25, 0.3) is 10.1 Å². The molecule has 5 heteroatoms. The van der Waals surface area contributed by atoms with E-state index in [0.717, 1.165) is 18.1 Å². The summed E-state index contributed by atoms with van der Waals surface area (Å²) in [5, 5.41) is 5.28. The molecule has 2 rings (SSSR count). The van der Waals surface area contributed by atoms with Crippen LogP contribution >= 0.6 is 46.9 Å². The molecular weight excluding hydrogens is 285 g/mol. The molecule has 0 atom stereocenters. The number of benzene rings is 1. The van der Waals surface area contributed by atoms with Gasteiger partial charge in [-0.2, -0.15) is 0 Å². The van der Waals surface area contributed by atoms with Crippen LogP contribution in [-0.4, -0.2) is 12.4 Å². The van der Waals surface area contributed by atoms with Crippen LogP contribution in [0.4, 0.5) is 0 Å². The molecule has 0 saturated heterocycles. The highest BCUT2D eigenvalue weighted by Gasteiger charge is 2.01. The second-order valence-electron chi connectivity index (χ2n) is 3.26. The van der Waals surface area contributed by atoms with Gasteiger partial charge in [-0.05, 0) is 29.7 Å². The molecule has 1 heterocycles. The molecule has 0 saturated carbocycles. The lowest BCUT2D eigenvalue weighted by atomic mass is 10.2. The highest BCUT2D eigenvalue weighted by atomic mass is 35.5. The van der Waals surface area contributed by atoms with E-state index in [1.165, 1.54) is 15.0 Å². The summed E-state index contributed by atoms with van der Waals surface area (Å²) < 4.78 is 1.28. The van der Waals surface area contributed by atoms with E-state index in [2.05, 4.69) is 17.4 Å². The Hall–Kier alpha value is 0.01000. The number of nitrogens with one attached hydrogen (secondary N) is 1. The Morgan fingerprint density at radius 1 is 1.25 bits per heavy atom. The lowest BCUT2D eigenvalue weighted by Crippen LogP contribution is -2.14. The molecule has 2 aromatic rings. The summed E-state index contributed by atoms with van der Waals surface area (Å²) in [5.41, 5.74) is 0. The van der Waals surface area contributed by atoms with E-state index >= 15 is 0 Å². The quantitative estimate of drug-likeness (QED) is 0.655. The maximum atomic E-state index is 5.93. The summed E-state index contributed by atoms with van der Waals surface area (Å²) in [7, 11) is 0. The summed E-state index contributed by atoms with van der Waals surface area (Å²) in [6.45, 7) is 1.72. The Kier molecular flexibility index (Phi) is 5.87. The van der Waals surface area contributed by atoms with Gasteiger partial charge in [0.2, 0.25) is 0 Å². The van der Waals surface area contributed by atoms with Crippen molar-refractivity contribution in [2.24, 2.45) is 0 Å². The van der Waals surface area contributed by atoms with Crippen LogP contribution in [0.3, 0.4) is 0 Å². The molecular formula is C11H12Cl3NS. The second-order valence-corrected chi connectivity index (χ2v) is 5.24. The molecule has 0 spiro atoms. The van der Waals surface area contributed by atoms with Gasteiger partial charge in [-0.15, -0.1) is 35.3 Å². The van der Waals surface area contributed by atoms with Crippen molar-refractivity contribution in [3.8, 4) is 0 Å². The van der Waals surface area contributed by atoms with Crippen molar-refractivity contribution < 1.29 is 0 Å². The lowest BCUT2D eigenvalue weighted by Gasteiger charge is -1.97. The fraction of sp³-hybridized carbons (Fsp3) is 0.273. The van der Waals surface area contributed by atoms with Gasteiger partial charge in [0.1, 0.15) is 0 Å². The average molecular weight is 297 g/mol. The van der Waals surface area contributed by atoms with Crippen molar-refractivity contribution in [3.05, 3.63) is 34.2 Å². The van der Waals surface area contributed by atoms with E-state index in [0.29, 0.717) is 5.88 Å². The Morgan fingerprint density at radius 3 is 2.81 bits per heavy atom. The zero-order valence-electron chi connectivity index (χ0n) is 8.50. The van der Waals surface area contributed by atoms with Crippen LogP contribution in [0.2, 0.25) is 5.02 Å². The minimum Gasteiger partial charge on any atom is -0.311 e. The molecule has 0 aliphatic carbocycles. The molecule has 0 amide bonds. The first kappa shape index (κ1) is 14.1. The summed E-state index contributed by atoms with van der Waals surface area (Å²) in [6, 6.07) is 8.16. The van der Waals surface area contributed by atoms with Crippen LogP contribution in [0, 0.1) is 0 Å². The van der Waals surface area contributed by atoms with Gasteiger partial charge in [0.15, 0.2) is 0 Å². The van der Waals surface area contributed by atoms with E-state index in [9.17, 15) is 0 Å². The molecule has 16 heavy (non-hydrogen) atoms. The molecule has 1 nitrogen and oxygen atoms in total. The monoisotopic (exact) mass is 295 g/mol. The van der Waals surface area contributed by atoms with Gasteiger partial charge in [-0.25, -0.2) is 0 Å². The summed E-state index contributed by atoms with van der Waals surface area (Å²) >= 11 is 13.3. The van der Waals surface area contributed by atoms with Crippen molar-refractivity contribution in [3.63, 3.8) is 0 Å². The van der Waals surface area contributed by atoms with Crippen LogP contribution < -0.4 is 5.32 Å². The Labute approximate surface area is 115 Å². The van der Waals surface area contributed by atoms with Crippen molar-refractivity contribution in [1.29, 1.82) is 0 Å². The topological polar surface area (TPSA) is 12.0 Å². The van der Waals surface area contributed by atoms with Gasteiger partial charge < -0.3 is 5.32 Å². The molecule has 0 aliphatic rings. The third-order valence-corrected chi connectivity index (χ3v) is 3.64. The van der Waals surface area contributed by atoms with E-state index in [1.807, 2.05) is 12.1 Å². The predicted molar refractivity (Wildman–Crippen MR) is 76.5 cm³/mol. The van der Waals surface area contributed by atoms with Gasteiger partial charge in [-0.1, -0.05) is 11.6 Å². The summed E-state index contributed by atoms with van der Waals surface area (Å²) in [6.07, 6.45) is 0. The Balaban J connectivity index is 0.00000128. The third kappa shape index (κ3) is 3.51. The normalized spacial score (nSPS) is 10.4. The average Bonchev–Trinajstić information content (AvgIpc) is 2.60. The first-order valence-corrected chi connectivity index (χ1v) is 6.47. The molecule has 1 N–H and O–H groups in total. The highest BCUT2D eigenvalue weighted by Crippen LogP contribution is 2.27. The molecule has 0 fully saturated rings. The van der Waals surface area contributed by atoms with Gasteiger partial charge in [0.25, 0.3) is 0 Å². The summed E-state index contributed by atoms with van der Waals surface area (Å²) in [5.74, 6) is 0.650. The fourth-order valence-electron chi connectivity index (χ4n) is 1.43. The number of fused-ring (bicyclic) bond motifs is 1. The number of halogens is 3. The van der Waals surface area contributed by atoms with Crippen molar-refractivity contribution in [1.82, 2.24) is 5.32 Å². The van der Waals surface area contributed by atoms with E-state index < -0.39 is 0 Å². The van der Waals surface area contributed by atoms with Crippen molar-refractivity contribution in [2.75, 3.05) is 12.4 Å². The van der Waals surface area contributed by atoms with Gasteiger partial charge in [-0.3, -0.25) is 0 Å². The number of alkyl halides is 1. The highest BCUT2D eigenvalue weighted by molar-refractivity contribution is 7.19. The Morgan fingerprint density at radius 2 is 2.06 bits per heavy atom. The zero-order chi connectivity index (χ0) is 10.7. The SMILES string of the molecule is Cl.ClCCNCc1cc2cc(Cl)ccc2s1.